The van der Waals surface area contributed by atoms with Gasteiger partial charge in [-0.15, -0.1) is 22.9 Å². The third kappa shape index (κ3) is 3.45. The molecule has 0 spiro atoms. The lowest BCUT2D eigenvalue weighted by atomic mass is 10.2. The Morgan fingerprint density at radius 2 is 2.18 bits per heavy atom. The van der Waals surface area contributed by atoms with E-state index in [4.69, 9.17) is 16.3 Å². The zero-order valence-electron chi connectivity index (χ0n) is 9.65. The van der Waals surface area contributed by atoms with Gasteiger partial charge in [-0.3, -0.25) is 0 Å². The average molecular weight is 268 g/mol. The number of aryl methyl sites for hydroxylation is 1. The van der Waals surface area contributed by atoms with Crippen molar-refractivity contribution in [1.29, 1.82) is 0 Å². The van der Waals surface area contributed by atoms with E-state index in [0.29, 0.717) is 12.5 Å². The summed E-state index contributed by atoms with van der Waals surface area (Å²) < 4.78 is 5.72. The smallest absolute Gasteiger partial charge is 0.122 e. The Morgan fingerprint density at radius 3 is 2.88 bits per heavy atom. The first kappa shape index (κ1) is 12.4. The fourth-order valence-electron chi connectivity index (χ4n) is 1.49. The van der Waals surface area contributed by atoms with Crippen molar-refractivity contribution in [1.82, 2.24) is 4.98 Å². The van der Waals surface area contributed by atoms with Gasteiger partial charge in [-0.25, -0.2) is 4.98 Å². The first-order chi connectivity index (χ1) is 8.29. The fourth-order valence-corrected chi connectivity index (χ4v) is 2.50. The van der Waals surface area contributed by atoms with Gasteiger partial charge in [-0.1, -0.05) is 18.2 Å². The number of para-hydroxylation sites is 1. The standard InChI is InChI=1S/C13H14ClNOS/c1-10-4-2-3-5-12(10)16-7-6-13-15-11(8-14)9-17-13/h2-5,9H,6-8H2,1H3. The third-order valence-corrected chi connectivity index (χ3v) is 3.63. The number of hydrogen-bond donors (Lipinski definition) is 0. The lowest BCUT2D eigenvalue weighted by molar-refractivity contribution is 0.319. The summed E-state index contributed by atoms with van der Waals surface area (Å²) in [6.07, 6.45) is 0.829. The minimum Gasteiger partial charge on any atom is -0.493 e. The van der Waals surface area contributed by atoms with Crippen LogP contribution in [0.4, 0.5) is 0 Å². The van der Waals surface area contributed by atoms with Gasteiger partial charge in [0.05, 0.1) is 23.2 Å². The quantitative estimate of drug-likeness (QED) is 0.769. The van der Waals surface area contributed by atoms with Crippen LogP contribution >= 0.6 is 22.9 Å². The lowest BCUT2D eigenvalue weighted by Crippen LogP contribution is -2.02. The van der Waals surface area contributed by atoms with Gasteiger partial charge < -0.3 is 4.74 Å². The molecule has 0 unspecified atom stereocenters. The molecular weight excluding hydrogens is 254 g/mol. The van der Waals surface area contributed by atoms with E-state index in [-0.39, 0.29) is 0 Å². The predicted molar refractivity (Wildman–Crippen MR) is 72.0 cm³/mol. The molecule has 0 saturated heterocycles. The average Bonchev–Trinajstić information content (AvgIpc) is 2.80. The summed E-state index contributed by atoms with van der Waals surface area (Å²) in [6, 6.07) is 8.03. The van der Waals surface area contributed by atoms with Crippen LogP contribution in [0.5, 0.6) is 5.75 Å². The van der Waals surface area contributed by atoms with Crippen LogP contribution in [0.2, 0.25) is 0 Å². The summed E-state index contributed by atoms with van der Waals surface area (Å²) in [6.45, 7) is 2.70. The summed E-state index contributed by atoms with van der Waals surface area (Å²) in [5.74, 6) is 1.43. The second-order valence-corrected chi connectivity index (χ2v) is 4.94. The maximum atomic E-state index is 5.72. The summed E-state index contributed by atoms with van der Waals surface area (Å²) >= 11 is 7.34. The van der Waals surface area contributed by atoms with Crippen LogP contribution in [0.1, 0.15) is 16.3 Å². The van der Waals surface area contributed by atoms with Gasteiger partial charge in [0.2, 0.25) is 0 Å². The highest BCUT2D eigenvalue weighted by Crippen LogP contribution is 2.17. The molecule has 0 bridgehead atoms. The van der Waals surface area contributed by atoms with Crippen LogP contribution in [0.15, 0.2) is 29.6 Å². The Labute approximate surface area is 110 Å². The molecule has 4 heteroatoms. The van der Waals surface area contributed by atoms with Crippen molar-refractivity contribution in [2.24, 2.45) is 0 Å². The molecule has 0 radical (unpaired) electrons. The van der Waals surface area contributed by atoms with Crippen LogP contribution in [-0.2, 0) is 12.3 Å². The van der Waals surface area contributed by atoms with E-state index >= 15 is 0 Å². The zero-order valence-corrected chi connectivity index (χ0v) is 11.2. The minimum atomic E-state index is 0.481. The predicted octanol–water partition coefficient (Wildman–Crippen LogP) is 3.81. The van der Waals surface area contributed by atoms with Crippen molar-refractivity contribution in [2.75, 3.05) is 6.61 Å². The largest absolute Gasteiger partial charge is 0.493 e. The number of alkyl halides is 1. The number of benzene rings is 1. The number of nitrogens with zero attached hydrogens (tertiary/aromatic N) is 1. The van der Waals surface area contributed by atoms with E-state index in [1.807, 2.05) is 36.6 Å². The van der Waals surface area contributed by atoms with Crippen LogP contribution in [0, 0.1) is 6.92 Å². The van der Waals surface area contributed by atoms with Crippen molar-refractivity contribution in [3.05, 3.63) is 45.9 Å². The molecule has 0 amide bonds. The second-order valence-electron chi connectivity index (χ2n) is 3.73. The van der Waals surface area contributed by atoms with E-state index in [1.54, 1.807) is 11.3 Å². The number of hydrogen-bond acceptors (Lipinski definition) is 3. The van der Waals surface area contributed by atoms with Crippen LogP contribution in [-0.4, -0.2) is 11.6 Å². The lowest BCUT2D eigenvalue weighted by Gasteiger charge is -2.07. The van der Waals surface area contributed by atoms with E-state index in [9.17, 15) is 0 Å². The molecule has 1 aromatic carbocycles. The van der Waals surface area contributed by atoms with Gasteiger partial charge in [0.25, 0.3) is 0 Å². The summed E-state index contributed by atoms with van der Waals surface area (Å²) in [4.78, 5) is 4.39. The van der Waals surface area contributed by atoms with Gasteiger partial charge in [0.1, 0.15) is 5.75 Å². The van der Waals surface area contributed by atoms with E-state index in [0.717, 1.165) is 28.4 Å². The first-order valence-electron chi connectivity index (χ1n) is 5.47. The molecule has 0 N–H and O–H groups in total. The molecule has 90 valence electrons. The molecule has 0 aliphatic heterocycles. The molecule has 2 rings (SSSR count). The van der Waals surface area contributed by atoms with E-state index in [1.165, 1.54) is 0 Å². The highest BCUT2D eigenvalue weighted by molar-refractivity contribution is 7.09. The summed E-state index contributed by atoms with van der Waals surface area (Å²) in [5, 5.41) is 3.07. The van der Waals surface area contributed by atoms with Crippen molar-refractivity contribution >= 4 is 22.9 Å². The molecule has 1 aromatic heterocycles. The second kappa shape index (κ2) is 6.03. The van der Waals surface area contributed by atoms with Gasteiger partial charge in [-0.2, -0.15) is 0 Å². The Balaban J connectivity index is 1.85. The molecule has 0 atom stereocenters. The normalized spacial score (nSPS) is 10.5. The fraction of sp³-hybridized carbons (Fsp3) is 0.308. The van der Waals surface area contributed by atoms with Crippen molar-refractivity contribution in [3.63, 3.8) is 0 Å². The molecule has 1 heterocycles. The SMILES string of the molecule is Cc1ccccc1OCCc1nc(CCl)cs1. The number of aromatic nitrogens is 1. The van der Waals surface area contributed by atoms with Crippen molar-refractivity contribution in [3.8, 4) is 5.75 Å². The number of ether oxygens (including phenoxy) is 1. The van der Waals surface area contributed by atoms with Crippen molar-refractivity contribution in [2.45, 2.75) is 19.2 Å². The highest BCUT2D eigenvalue weighted by atomic mass is 35.5. The molecule has 0 aliphatic rings. The Hall–Kier alpha value is -1.06. The molecule has 2 nitrogen and oxygen atoms in total. The Bertz CT molecular complexity index is 484. The molecule has 0 aliphatic carbocycles. The monoisotopic (exact) mass is 267 g/mol. The maximum absolute atomic E-state index is 5.72. The summed E-state index contributed by atoms with van der Waals surface area (Å²) in [7, 11) is 0. The highest BCUT2D eigenvalue weighted by Gasteiger charge is 2.02. The molecule has 0 fully saturated rings. The number of halogens is 1. The molecular formula is C13H14ClNOS. The number of rotatable bonds is 5. The minimum absolute atomic E-state index is 0.481. The van der Waals surface area contributed by atoms with Crippen LogP contribution in [0.25, 0.3) is 0 Å². The van der Waals surface area contributed by atoms with Gasteiger partial charge in [0.15, 0.2) is 0 Å². The summed E-state index contributed by atoms with van der Waals surface area (Å²) in [5.41, 5.74) is 2.11. The van der Waals surface area contributed by atoms with Crippen molar-refractivity contribution < 1.29 is 4.74 Å². The van der Waals surface area contributed by atoms with Gasteiger partial charge in [-0.05, 0) is 18.6 Å². The topological polar surface area (TPSA) is 22.1 Å². The van der Waals surface area contributed by atoms with Crippen LogP contribution in [0.3, 0.4) is 0 Å². The van der Waals surface area contributed by atoms with Gasteiger partial charge in [0, 0.05) is 11.8 Å². The third-order valence-electron chi connectivity index (χ3n) is 2.40. The molecule has 0 saturated carbocycles. The first-order valence-corrected chi connectivity index (χ1v) is 6.88. The Morgan fingerprint density at radius 1 is 1.35 bits per heavy atom. The van der Waals surface area contributed by atoms with E-state index < -0.39 is 0 Å². The van der Waals surface area contributed by atoms with E-state index in [2.05, 4.69) is 4.98 Å². The number of thiazole rings is 1. The zero-order chi connectivity index (χ0) is 12.1. The van der Waals surface area contributed by atoms with Crippen LogP contribution < -0.4 is 4.74 Å². The Kier molecular flexibility index (Phi) is 4.40. The molecule has 17 heavy (non-hydrogen) atoms. The van der Waals surface area contributed by atoms with Gasteiger partial charge >= 0.3 is 0 Å². The molecule has 2 aromatic rings. The maximum Gasteiger partial charge on any atom is 0.122 e.